The highest BCUT2D eigenvalue weighted by molar-refractivity contribution is 5.96. The molecule has 0 aliphatic carbocycles. The minimum atomic E-state index is -0.576. The number of rotatable bonds is 5. The van der Waals surface area contributed by atoms with Crippen molar-refractivity contribution in [2.45, 2.75) is 20.3 Å². The molecule has 0 aliphatic rings. The maximum absolute atomic E-state index is 10.9. The van der Waals surface area contributed by atoms with Gasteiger partial charge in [-0.15, -0.1) is 0 Å². The molecule has 0 radical (unpaired) electrons. The maximum Gasteiger partial charge on any atom is 0.334 e. The number of hydrogen-bond donors (Lipinski definition) is 1. The van der Waals surface area contributed by atoms with Gasteiger partial charge in [-0.2, -0.15) is 0 Å². The van der Waals surface area contributed by atoms with Crippen LogP contribution >= 0.6 is 0 Å². The third kappa shape index (κ3) is 5.93. The molecule has 0 aromatic heterocycles. The lowest BCUT2D eigenvalue weighted by atomic mass is 10.3. The summed E-state index contributed by atoms with van der Waals surface area (Å²) in [6, 6.07) is 0. The third-order valence-electron chi connectivity index (χ3n) is 1.23. The van der Waals surface area contributed by atoms with Crippen LogP contribution in [-0.4, -0.2) is 24.4 Å². The molecule has 0 aliphatic heterocycles. The molecule has 0 saturated heterocycles. The molecule has 14 heavy (non-hydrogen) atoms. The van der Waals surface area contributed by atoms with Gasteiger partial charge >= 0.3 is 5.97 Å². The first kappa shape index (κ1) is 12.3. The summed E-state index contributed by atoms with van der Waals surface area (Å²) in [5.41, 5.74) is 0.255. The largest absolute Gasteiger partial charge is 0.441 e. The summed E-state index contributed by atoms with van der Waals surface area (Å²) in [6.07, 6.45) is -0.204. The van der Waals surface area contributed by atoms with Gasteiger partial charge in [-0.05, 0) is 13.8 Å². The minimum Gasteiger partial charge on any atom is -0.441 e. The first-order valence-corrected chi connectivity index (χ1v) is 4.02. The predicted molar refractivity (Wildman–Crippen MR) is 49.2 cm³/mol. The Morgan fingerprint density at radius 2 is 1.86 bits per heavy atom. The van der Waals surface area contributed by atoms with E-state index in [-0.39, 0.29) is 24.5 Å². The van der Waals surface area contributed by atoms with Crippen LogP contribution < -0.4 is 5.32 Å². The van der Waals surface area contributed by atoms with Crippen LogP contribution in [0.4, 0.5) is 0 Å². The van der Waals surface area contributed by atoms with E-state index in [4.69, 9.17) is 0 Å². The van der Waals surface area contributed by atoms with Crippen LogP contribution in [0.15, 0.2) is 12.2 Å². The molecule has 1 amide bonds. The average molecular weight is 199 g/mol. The molecular formula is C9H13NO4. The summed E-state index contributed by atoms with van der Waals surface area (Å²) in [4.78, 5) is 32.1. The zero-order valence-electron chi connectivity index (χ0n) is 8.25. The Hall–Kier alpha value is -1.65. The summed E-state index contributed by atoms with van der Waals surface area (Å²) in [7, 11) is 0. The van der Waals surface area contributed by atoms with Crippen LogP contribution in [-0.2, 0) is 19.1 Å². The fourth-order valence-electron chi connectivity index (χ4n) is 0.594. The summed E-state index contributed by atoms with van der Waals surface area (Å²) in [6.45, 7) is 5.93. The molecule has 0 aromatic rings. The summed E-state index contributed by atoms with van der Waals surface area (Å²) < 4.78 is 4.57. The van der Waals surface area contributed by atoms with E-state index >= 15 is 0 Å². The zero-order valence-corrected chi connectivity index (χ0v) is 8.25. The van der Waals surface area contributed by atoms with Crippen molar-refractivity contribution in [2.24, 2.45) is 0 Å². The van der Waals surface area contributed by atoms with Gasteiger partial charge in [0.15, 0.2) is 6.73 Å². The Kier molecular flexibility index (Phi) is 5.21. The van der Waals surface area contributed by atoms with E-state index in [9.17, 15) is 14.4 Å². The van der Waals surface area contributed by atoms with E-state index < -0.39 is 11.9 Å². The van der Waals surface area contributed by atoms with Crippen LogP contribution in [0.2, 0.25) is 0 Å². The van der Waals surface area contributed by atoms with E-state index in [1.807, 2.05) is 0 Å². The minimum absolute atomic E-state index is 0.204. The molecular weight excluding hydrogens is 186 g/mol. The summed E-state index contributed by atoms with van der Waals surface area (Å²) in [5, 5.41) is 2.26. The number of esters is 1. The number of Topliss-reactive ketones (excluding diaryl/α,β-unsaturated/α-hetero) is 1. The SMILES string of the molecule is C=C(C)C(=O)OCNC(=O)CC(C)=O. The number of amides is 1. The molecule has 78 valence electrons. The smallest absolute Gasteiger partial charge is 0.334 e. The number of nitrogens with one attached hydrogen (secondary N) is 1. The number of ketones is 1. The van der Waals surface area contributed by atoms with Gasteiger partial charge in [0.2, 0.25) is 5.91 Å². The Labute approximate surface area is 82.1 Å². The Balaban J connectivity index is 3.64. The monoisotopic (exact) mass is 199 g/mol. The standard InChI is InChI=1S/C9H13NO4/c1-6(2)9(13)14-5-10-8(12)4-7(3)11/h1,4-5H2,2-3H3,(H,10,12). The average Bonchev–Trinajstić information content (AvgIpc) is 2.02. The van der Waals surface area contributed by atoms with E-state index in [0.29, 0.717) is 0 Å². The van der Waals surface area contributed by atoms with Crippen LogP contribution in [0, 0.1) is 0 Å². The molecule has 0 saturated carbocycles. The fraction of sp³-hybridized carbons (Fsp3) is 0.444. The second-order valence-corrected chi connectivity index (χ2v) is 2.84. The van der Waals surface area contributed by atoms with Crippen LogP contribution in [0.1, 0.15) is 20.3 Å². The maximum atomic E-state index is 10.9. The van der Waals surface area contributed by atoms with Gasteiger partial charge in [0.05, 0.1) is 6.42 Å². The predicted octanol–water partition coefficient (Wildman–Crippen LogP) is 0.159. The lowest BCUT2D eigenvalue weighted by molar-refractivity contribution is -0.141. The molecule has 0 heterocycles. The van der Waals surface area contributed by atoms with Crippen molar-refractivity contribution in [1.29, 1.82) is 0 Å². The fourth-order valence-corrected chi connectivity index (χ4v) is 0.594. The van der Waals surface area contributed by atoms with Gasteiger partial charge in [-0.3, -0.25) is 9.59 Å². The van der Waals surface area contributed by atoms with Crippen molar-refractivity contribution in [3.8, 4) is 0 Å². The highest BCUT2D eigenvalue weighted by Crippen LogP contribution is 1.90. The second kappa shape index (κ2) is 5.90. The van der Waals surface area contributed by atoms with Gasteiger partial charge in [0, 0.05) is 5.57 Å². The Bertz CT molecular complexity index is 270. The van der Waals surface area contributed by atoms with E-state index in [1.165, 1.54) is 13.8 Å². The van der Waals surface area contributed by atoms with Gasteiger partial charge in [0.25, 0.3) is 0 Å². The molecule has 5 nitrogen and oxygen atoms in total. The van der Waals surface area contributed by atoms with Crippen molar-refractivity contribution < 1.29 is 19.1 Å². The first-order valence-electron chi connectivity index (χ1n) is 4.02. The quantitative estimate of drug-likeness (QED) is 0.296. The lowest BCUT2D eigenvalue weighted by Gasteiger charge is -2.05. The highest BCUT2D eigenvalue weighted by Gasteiger charge is 2.06. The molecule has 0 atom stereocenters. The van der Waals surface area contributed by atoms with Gasteiger partial charge in [-0.25, -0.2) is 4.79 Å². The summed E-state index contributed by atoms with van der Waals surface area (Å²) >= 11 is 0. The highest BCUT2D eigenvalue weighted by atomic mass is 16.5. The molecule has 5 heteroatoms. The van der Waals surface area contributed by atoms with Crippen molar-refractivity contribution in [1.82, 2.24) is 5.32 Å². The van der Waals surface area contributed by atoms with Crippen molar-refractivity contribution >= 4 is 17.7 Å². The van der Waals surface area contributed by atoms with Crippen LogP contribution in [0.25, 0.3) is 0 Å². The van der Waals surface area contributed by atoms with Gasteiger partial charge < -0.3 is 10.1 Å². The summed E-state index contributed by atoms with van der Waals surface area (Å²) in [5.74, 6) is -1.28. The zero-order chi connectivity index (χ0) is 11.1. The lowest BCUT2D eigenvalue weighted by Crippen LogP contribution is -2.28. The molecule has 0 spiro atoms. The van der Waals surface area contributed by atoms with E-state index in [0.717, 1.165) is 0 Å². The molecule has 0 rings (SSSR count). The third-order valence-corrected chi connectivity index (χ3v) is 1.23. The van der Waals surface area contributed by atoms with E-state index in [1.54, 1.807) is 0 Å². The molecule has 1 N–H and O–H groups in total. The first-order chi connectivity index (χ1) is 6.43. The molecule has 0 bridgehead atoms. The number of hydrogen-bond acceptors (Lipinski definition) is 4. The van der Waals surface area contributed by atoms with Crippen molar-refractivity contribution in [3.05, 3.63) is 12.2 Å². The normalized spacial score (nSPS) is 9.00. The van der Waals surface area contributed by atoms with E-state index in [2.05, 4.69) is 16.6 Å². The second-order valence-electron chi connectivity index (χ2n) is 2.84. The van der Waals surface area contributed by atoms with Gasteiger partial charge in [-0.1, -0.05) is 6.58 Å². The number of ether oxygens (including phenoxy) is 1. The number of carbonyl (C=O) groups is 3. The van der Waals surface area contributed by atoms with Crippen molar-refractivity contribution in [3.63, 3.8) is 0 Å². The topological polar surface area (TPSA) is 72.5 Å². The number of carbonyl (C=O) groups excluding carboxylic acids is 3. The van der Waals surface area contributed by atoms with Crippen molar-refractivity contribution in [2.75, 3.05) is 6.73 Å². The Morgan fingerprint density at radius 1 is 1.29 bits per heavy atom. The Morgan fingerprint density at radius 3 is 2.29 bits per heavy atom. The molecule has 0 fully saturated rings. The van der Waals surface area contributed by atoms with Crippen LogP contribution in [0.3, 0.4) is 0 Å². The van der Waals surface area contributed by atoms with Crippen LogP contribution in [0.5, 0.6) is 0 Å². The van der Waals surface area contributed by atoms with Gasteiger partial charge in [0.1, 0.15) is 5.78 Å². The molecule has 0 aromatic carbocycles. The molecule has 0 unspecified atom stereocenters.